The summed E-state index contributed by atoms with van der Waals surface area (Å²) >= 11 is 0. The molecule has 0 aromatic carbocycles. The number of sulfonamides is 1. The van der Waals surface area contributed by atoms with Crippen LogP contribution in [0.15, 0.2) is 23.2 Å². The number of pyridine rings is 1. The van der Waals surface area contributed by atoms with Gasteiger partial charge in [0, 0.05) is 31.7 Å². The Bertz CT molecular complexity index is 506. The first-order valence-corrected chi connectivity index (χ1v) is 7.22. The van der Waals surface area contributed by atoms with E-state index in [9.17, 15) is 8.42 Å². The zero-order valence-corrected chi connectivity index (χ0v) is 12.5. The van der Waals surface area contributed by atoms with Gasteiger partial charge in [0.1, 0.15) is 4.90 Å². The molecule has 2 rings (SSSR count). The van der Waals surface area contributed by atoms with Crippen LogP contribution in [0.25, 0.3) is 0 Å². The van der Waals surface area contributed by atoms with Crippen molar-refractivity contribution in [3.05, 3.63) is 18.3 Å². The number of ether oxygens (including phenoxy) is 1. The van der Waals surface area contributed by atoms with Crippen molar-refractivity contribution >= 4 is 22.4 Å². The van der Waals surface area contributed by atoms with Gasteiger partial charge in [-0.15, -0.1) is 12.4 Å². The zero-order chi connectivity index (χ0) is 13.2. The molecule has 0 radical (unpaired) electrons. The van der Waals surface area contributed by atoms with Gasteiger partial charge in [-0.2, -0.15) is 4.31 Å². The molecule has 0 amide bonds. The van der Waals surface area contributed by atoms with Gasteiger partial charge in [0.15, 0.2) is 0 Å². The van der Waals surface area contributed by atoms with Gasteiger partial charge in [0.25, 0.3) is 0 Å². The monoisotopic (exact) mass is 307 g/mol. The van der Waals surface area contributed by atoms with Crippen molar-refractivity contribution in [2.45, 2.75) is 17.9 Å². The Morgan fingerprint density at radius 1 is 1.47 bits per heavy atom. The SMILES string of the molecule is COc1ccc(S(=O)(=O)N2CCNC[C@@H]2C)cn1.Cl. The number of nitrogens with zero attached hydrogens (tertiary/aromatic N) is 2. The van der Waals surface area contributed by atoms with E-state index in [0.717, 1.165) is 0 Å². The maximum Gasteiger partial charge on any atom is 0.244 e. The number of methoxy groups -OCH3 is 1. The van der Waals surface area contributed by atoms with E-state index in [-0.39, 0.29) is 23.3 Å². The fourth-order valence-corrected chi connectivity index (χ4v) is 3.53. The van der Waals surface area contributed by atoms with Crippen LogP contribution < -0.4 is 10.1 Å². The largest absolute Gasteiger partial charge is 0.481 e. The van der Waals surface area contributed by atoms with Gasteiger partial charge in [0.05, 0.1) is 13.3 Å². The van der Waals surface area contributed by atoms with Crippen LogP contribution >= 0.6 is 12.4 Å². The highest BCUT2D eigenvalue weighted by Crippen LogP contribution is 2.19. The van der Waals surface area contributed by atoms with E-state index in [1.807, 2.05) is 6.92 Å². The first-order chi connectivity index (χ1) is 8.55. The molecule has 8 heteroatoms. The highest BCUT2D eigenvalue weighted by atomic mass is 35.5. The molecular formula is C11H18ClN3O3S. The second kappa shape index (κ2) is 6.51. The molecule has 0 aliphatic carbocycles. The maximum atomic E-state index is 12.4. The number of piperazine rings is 1. The number of hydrogen-bond acceptors (Lipinski definition) is 5. The van der Waals surface area contributed by atoms with E-state index in [1.54, 1.807) is 6.07 Å². The Kier molecular flexibility index (Phi) is 5.54. The molecule has 1 aromatic rings. The van der Waals surface area contributed by atoms with Gasteiger partial charge in [0.2, 0.25) is 15.9 Å². The molecule has 1 fully saturated rings. The van der Waals surface area contributed by atoms with Gasteiger partial charge in [-0.3, -0.25) is 0 Å². The van der Waals surface area contributed by atoms with Crippen molar-refractivity contribution in [1.29, 1.82) is 0 Å². The normalized spacial score (nSPS) is 20.6. The summed E-state index contributed by atoms with van der Waals surface area (Å²) < 4.78 is 31.3. The lowest BCUT2D eigenvalue weighted by molar-refractivity contribution is 0.283. The topological polar surface area (TPSA) is 71.5 Å². The fraction of sp³-hybridized carbons (Fsp3) is 0.545. The molecule has 1 saturated heterocycles. The number of aromatic nitrogens is 1. The molecule has 2 heterocycles. The van der Waals surface area contributed by atoms with Crippen LogP contribution in [-0.2, 0) is 10.0 Å². The maximum absolute atomic E-state index is 12.4. The zero-order valence-electron chi connectivity index (χ0n) is 10.9. The molecule has 1 aliphatic heterocycles. The van der Waals surface area contributed by atoms with Crippen molar-refractivity contribution in [2.24, 2.45) is 0 Å². The van der Waals surface area contributed by atoms with Crippen molar-refractivity contribution < 1.29 is 13.2 Å². The van der Waals surface area contributed by atoms with E-state index in [4.69, 9.17) is 4.74 Å². The third-order valence-electron chi connectivity index (χ3n) is 2.97. The van der Waals surface area contributed by atoms with Crippen LogP contribution in [0.5, 0.6) is 5.88 Å². The standard InChI is InChI=1S/C11H17N3O3S.ClH/c1-9-7-12-5-6-14(9)18(15,16)10-3-4-11(17-2)13-8-10;/h3-4,8-9,12H,5-7H2,1-2H3;1H/t9-;/m0./s1. The van der Waals surface area contributed by atoms with Crippen molar-refractivity contribution in [3.8, 4) is 5.88 Å². The van der Waals surface area contributed by atoms with E-state index >= 15 is 0 Å². The average Bonchev–Trinajstić information content (AvgIpc) is 2.39. The van der Waals surface area contributed by atoms with Crippen LogP contribution in [0.4, 0.5) is 0 Å². The molecule has 1 N–H and O–H groups in total. The summed E-state index contributed by atoms with van der Waals surface area (Å²) in [5.41, 5.74) is 0. The number of halogens is 1. The Hall–Kier alpha value is -0.890. The first-order valence-electron chi connectivity index (χ1n) is 5.78. The summed E-state index contributed by atoms with van der Waals surface area (Å²) in [5, 5.41) is 3.16. The lowest BCUT2D eigenvalue weighted by Crippen LogP contribution is -2.52. The molecule has 19 heavy (non-hydrogen) atoms. The highest BCUT2D eigenvalue weighted by Gasteiger charge is 2.30. The molecule has 0 bridgehead atoms. The summed E-state index contributed by atoms with van der Waals surface area (Å²) in [6.07, 6.45) is 1.34. The quantitative estimate of drug-likeness (QED) is 0.880. The van der Waals surface area contributed by atoms with Crippen LogP contribution in [0.1, 0.15) is 6.92 Å². The summed E-state index contributed by atoms with van der Waals surface area (Å²) in [4.78, 5) is 4.15. The third kappa shape index (κ3) is 3.36. The molecule has 1 aromatic heterocycles. The lowest BCUT2D eigenvalue weighted by Gasteiger charge is -2.32. The minimum Gasteiger partial charge on any atom is -0.481 e. The molecule has 1 aliphatic rings. The average molecular weight is 308 g/mol. The Labute approximate surface area is 119 Å². The Morgan fingerprint density at radius 2 is 2.21 bits per heavy atom. The smallest absolute Gasteiger partial charge is 0.244 e. The second-order valence-electron chi connectivity index (χ2n) is 4.21. The van der Waals surface area contributed by atoms with Gasteiger partial charge in [-0.05, 0) is 13.0 Å². The van der Waals surface area contributed by atoms with Gasteiger partial charge >= 0.3 is 0 Å². The number of nitrogens with one attached hydrogen (secondary N) is 1. The summed E-state index contributed by atoms with van der Waals surface area (Å²) in [6.45, 7) is 3.71. The van der Waals surface area contributed by atoms with Crippen molar-refractivity contribution in [3.63, 3.8) is 0 Å². The summed E-state index contributed by atoms with van der Waals surface area (Å²) in [5.74, 6) is 0.405. The summed E-state index contributed by atoms with van der Waals surface area (Å²) in [7, 11) is -1.97. The van der Waals surface area contributed by atoms with Crippen LogP contribution in [0, 0.1) is 0 Å². The highest BCUT2D eigenvalue weighted by molar-refractivity contribution is 7.89. The summed E-state index contributed by atoms with van der Waals surface area (Å²) in [6, 6.07) is 3.03. The molecule has 108 valence electrons. The van der Waals surface area contributed by atoms with Gasteiger partial charge < -0.3 is 10.1 Å². The minimum absolute atomic E-state index is 0. The predicted octanol–water partition coefficient (Wildman–Crippen LogP) is 0.494. The van der Waals surface area contributed by atoms with E-state index < -0.39 is 10.0 Å². The molecule has 1 atom stereocenters. The third-order valence-corrected chi connectivity index (χ3v) is 4.96. The van der Waals surface area contributed by atoms with E-state index in [2.05, 4.69) is 10.3 Å². The molecule has 0 unspecified atom stereocenters. The number of hydrogen-bond donors (Lipinski definition) is 1. The van der Waals surface area contributed by atoms with Crippen LogP contribution in [0.2, 0.25) is 0 Å². The second-order valence-corrected chi connectivity index (χ2v) is 6.10. The van der Waals surface area contributed by atoms with E-state index in [1.165, 1.54) is 23.7 Å². The molecule has 0 spiro atoms. The van der Waals surface area contributed by atoms with Gasteiger partial charge in [-0.25, -0.2) is 13.4 Å². The Morgan fingerprint density at radius 3 is 2.74 bits per heavy atom. The molecular weight excluding hydrogens is 290 g/mol. The van der Waals surface area contributed by atoms with Crippen LogP contribution in [-0.4, -0.2) is 50.5 Å². The minimum atomic E-state index is -3.46. The molecule has 6 nitrogen and oxygen atoms in total. The van der Waals surface area contributed by atoms with Crippen molar-refractivity contribution in [2.75, 3.05) is 26.7 Å². The fourth-order valence-electron chi connectivity index (χ4n) is 1.95. The predicted molar refractivity (Wildman–Crippen MR) is 74.3 cm³/mol. The van der Waals surface area contributed by atoms with Gasteiger partial charge in [-0.1, -0.05) is 0 Å². The lowest BCUT2D eigenvalue weighted by atomic mass is 10.3. The van der Waals surface area contributed by atoms with Crippen LogP contribution in [0.3, 0.4) is 0 Å². The Balaban J connectivity index is 0.00000180. The number of rotatable bonds is 3. The molecule has 0 saturated carbocycles. The van der Waals surface area contributed by atoms with Crippen molar-refractivity contribution in [1.82, 2.24) is 14.6 Å². The van der Waals surface area contributed by atoms with E-state index in [0.29, 0.717) is 25.5 Å². The first kappa shape index (κ1) is 16.2.